The minimum Gasteiger partial charge on any atom is -0.416 e. The zero-order valence-corrected chi connectivity index (χ0v) is 12.8. The van der Waals surface area contributed by atoms with Gasteiger partial charge in [-0.1, -0.05) is 41.6 Å². The maximum Gasteiger partial charge on any atom is 0.276 e. The van der Waals surface area contributed by atoms with Gasteiger partial charge in [0.25, 0.3) is 5.22 Å². The molecule has 0 amide bonds. The number of benzene rings is 1. The van der Waals surface area contributed by atoms with E-state index in [9.17, 15) is 0 Å². The number of aromatic nitrogens is 2. The number of hydrogen-bond donors (Lipinski definition) is 1. The van der Waals surface area contributed by atoms with Crippen molar-refractivity contribution in [2.75, 3.05) is 6.54 Å². The molecule has 0 aliphatic rings. The second-order valence-electron chi connectivity index (χ2n) is 4.90. The Morgan fingerprint density at radius 1 is 1.20 bits per heavy atom. The summed E-state index contributed by atoms with van der Waals surface area (Å²) >= 11 is 1.60. The van der Waals surface area contributed by atoms with Gasteiger partial charge >= 0.3 is 0 Å². The molecule has 0 radical (unpaired) electrons. The molecule has 20 heavy (non-hydrogen) atoms. The van der Waals surface area contributed by atoms with Crippen molar-refractivity contribution in [3.05, 3.63) is 41.3 Å². The molecule has 0 bridgehead atoms. The maximum atomic E-state index is 5.64. The van der Waals surface area contributed by atoms with E-state index in [0.717, 1.165) is 31.0 Å². The highest BCUT2D eigenvalue weighted by Crippen LogP contribution is 2.22. The lowest BCUT2D eigenvalue weighted by atomic mass is 10.2. The number of hydrogen-bond acceptors (Lipinski definition) is 4. The molecule has 1 aromatic heterocycles. The number of quaternary nitrogens is 1. The molecule has 0 spiro atoms. The monoisotopic (exact) mass is 292 g/mol. The Labute approximate surface area is 124 Å². The highest BCUT2D eigenvalue weighted by Gasteiger charge is 2.07. The number of rotatable bonds is 8. The van der Waals surface area contributed by atoms with E-state index in [2.05, 4.69) is 47.1 Å². The molecule has 0 atom stereocenters. The molecule has 0 unspecified atom stereocenters. The molecule has 0 saturated carbocycles. The number of nitrogens with zero attached hydrogens (tertiary/aromatic N) is 2. The average molecular weight is 292 g/mol. The number of aryl methyl sites for hydroxylation is 2. The molecule has 0 aliphatic carbocycles. The lowest BCUT2D eigenvalue weighted by Crippen LogP contribution is -2.50. The fourth-order valence-electron chi connectivity index (χ4n) is 1.97. The third-order valence-corrected chi connectivity index (χ3v) is 3.92. The van der Waals surface area contributed by atoms with Crippen LogP contribution in [0.15, 0.2) is 33.9 Å². The standard InChI is InChI=1S/C15H21N3OS/c1-12-6-5-7-13(10-12)11-20-15-18-17-14(19-15)8-3-2-4-9-16/h5-7,10H,2-4,8-9,11,16H2,1H3/p+1. The molecular formula is C15H22N3OS+. The Balaban J connectivity index is 1.78. The molecule has 4 nitrogen and oxygen atoms in total. The fourth-order valence-corrected chi connectivity index (χ4v) is 2.70. The summed E-state index contributed by atoms with van der Waals surface area (Å²) < 4.78 is 5.64. The lowest BCUT2D eigenvalue weighted by Gasteiger charge is -1.99. The van der Waals surface area contributed by atoms with Crippen molar-refractivity contribution in [2.45, 2.75) is 43.6 Å². The van der Waals surface area contributed by atoms with Gasteiger partial charge in [0.1, 0.15) is 0 Å². The predicted octanol–water partition coefficient (Wildman–Crippen LogP) is 2.63. The first kappa shape index (κ1) is 15.1. The van der Waals surface area contributed by atoms with E-state index in [1.54, 1.807) is 11.8 Å². The minimum absolute atomic E-state index is 0.665. The van der Waals surface area contributed by atoms with Crippen LogP contribution in [-0.4, -0.2) is 16.7 Å². The molecule has 3 N–H and O–H groups in total. The van der Waals surface area contributed by atoms with Crippen LogP contribution in [0.4, 0.5) is 0 Å². The molecule has 1 heterocycles. The Morgan fingerprint density at radius 2 is 2.10 bits per heavy atom. The second kappa shape index (κ2) is 8.07. The summed E-state index contributed by atoms with van der Waals surface area (Å²) in [7, 11) is 0. The van der Waals surface area contributed by atoms with E-state index in [4.69, 9.17) is 4.42 Å². The van der Waals surface area contributed by atoms with Crippen LogP contribution >= 0.6 is 11.8 Å². The van der Waals surface area contributed by atoms with E-state index in [1.807, 2.05) is 0 Å². The molecule has 1 aromatic carbocycles. The second-order valence-corrected chi connectivity index (χ2v) is 5.83. The van der Waals surface area contributed by atoms with Crippen LogP contribution in [0.3, 0.4) is 0 Å². The summed E-state index contributed by atoms with van der Waals surface area (Å²) in [5, 5.41) is 8.84. The van der Waals surface area contributed by atoms with Gasteiger partial charge in [-0.3, -0.25) is 0 Å². The van der Waals surface area contributed by atoms with Crippen molar-refractivity contribution in [1.29, 1.82) is 0 Å². The Hall–Kier alpha value is -1.33. The molecule has 0 saturated heterocycles. The van der Waals surface area contributed by atoms with E-state index >= 15 is 0 Å². The van der Waals surface area contributed by atoms with Crippen molar-refractivity contribution in [2.24, 2.45) is 0 Å². The quantitative estimate of drug-likeness (QED) is 0.600. The normalized spacial score (nSPS) is 10.9. The van der Waals surface area contributed by atoms with Crippen LogP contribution in [-0.2, 0) is 12.2 Å². The first-order chi connectivity index (χ1) is 9.78. The van der Waals surface area contributed by atoms with Gasteiger partial charge in [-0.25, -0.2) is 0 Å². The summed E-state index contributed by atoms with van der Waals surface area (Å²) in [6, 6.07) is 8.48. The van der Waals surface area contributed by atoms with Gasteiger partial charge in [0.05, 0.1) is 6.54 Å². The zero-order valence-electron chi connectivity index (χ0n) is 12.0. The lowest BCUT2D eigenvalue weighted by molar-refractivity contribution is -0.368. The zero-order chi connectivity index (χ0) is 14.2. The topological polar surface area (TPSA) is 66.6 Å². The highest BCUT2D eigenvalue weighted by atomic mass is 32.2. The molecule has 0 aliphatic heterocycles. The van der Waals surface area contributed by atoms with Crippen molar-refractivity contribution >= 4 is 11.8 Å². The van der Waals surface area contributed by atoms with Crippen LogP contribution in [0, 0.1) is 6.92 Å². The fraction of sp³-hybridized carbons (Fsp3) is 0.467. The Kier molecular flexibility index (Phi) is 6.08. The average Bonchev–Trinajstić information content (AvgIpc) is 2.89. The van der Waals surface area contributed by atoms with E-state index < -0.39 is 0 Å². The van der Waals surface area contributed by atoms with Crippen molar-refractivity contribution in [3.8, 4) is 0 Å². The van der Waals surface area contributed by atoms with Crippen molar-refractivity contribution in [3.63, 3.8) is 0 Å². The molecule has 2 aromatic rings. The molecule has 2 rings (SSSR count). The van der Waals surface area contributed by atoms with Crippen LogP contribution in [0.5, 0.6) is 0 Å². The molecule has 5 heteroatoms. The molecular weight excluding hydrogens is 270 g/mol. The Morgan fingerprint density at radius 3 is 2.90 bits per heavy atom. The largest absolute Gasteiger partial charge is 0.416 e. The van der Waals surface area contributed by atoms with E-state index in [-0.39, 0.29) is 0 Å². The van der Waals surface area contributed by atoms with E-state index in [1.165, 1.54) is 24.0 Å². The number of unbranched alkanes of at least 4 members (excludes halogenated alkanes) is 2. The van der Waals surface area contributed by atoms with Gasteiger partial charge < -0.3 is 10.2 Å². The first-order valence-electron chi connectivity index (χ1n) is 7.08. The summed E-state index contributed by atoms with van der Waals surface area (Å²) in [6.07, 6.45) is 4.32. The van der Waals surface area contributed by atoms with Crippen LogP contribution in [0.25, 0.3) is 0 Å². The predicted molar refractivity (Wildman–Crippen MR) is 80.3 cm³/mol. The van der Waals surface area contributed by atoms with Crippen molar-refractivity contribution in [1.82, 2.24) is 10.2 Å². The van der Waals surface area contributed by atoms with Crippen LogP contribution < -0.4 is 5.73 Å². The van der Waals surface area contributed by atoms with Gasteiger partial charge in [-0.15, -0.1) is 10.2 Å². The first-order valence-corrected chi connectivity index (χ1v) is 8.06. The highest BCUT2D eigenvalue weighted by molar-refractivity contribution is 7.98. The Bertz CT molecular complexity index is 527. The SMILES string of the molecule is Cc1cccc(CSc2nnc(CCCCC[NH3+])o2)c1. The third kappa shape index (κ3) is 4.98. The van der Waals surface area contributed by atoms with Gasteiger partial charge in [0, 0.05) is 12.2 Å². The van der Waals surface area contributed by atoms with Crippen molar-refractivity contribution < 1.29 is 10.2 Å². The summed E-state index contributed by atoms with van der Waals surface area (Å²) in [5.41, 5.74) is 6.40. The van der Waals surface area contributed by atoms with Crippen LogP contribution in [0.2, 0.25) is 0 Å². The van der Waals surface area contributed by atoms with Crippen LogP contribution in [0.1, 0.15) is 36.3 Å². The summed E-state index contributed by atoms with van der Waals surface area (Å²) in [6.45, 7) is 3.10. The van der Waals surface area contributed by atoms with Gasteiger partial charge in [-0.05, 0) is 31.7 Å². The van der Waals surface area contributed by atoms with Gasteiger partial charge in [-0.2, -0.15) is 0 Å². The van der Waals surface area contributed by atoms with Gasteiger partial charge in [0.15, 0.2) is 0 Å². The van der Waals surface area contributed by atoms with E-state index in [0.29, 0.717) is 5.22 Å². The minimum atomic E-state index is 0.665. The third-order valence-electron chi connectivity index (χ3n) is 3.03. The number of thioether (sulfide) groups is 1. The van der Waals surface area contributed by atoms with Gasteiger partial charge in [0.2, 0.25) is 5.89 Å². The smallest absolute Gasteiger partial charge is 0.276 e. The summed E-state index contributed by atoms with van der Waals surface area (Å²) in [4.78, 5) is 0. The summed E-state index contributed by atoms with van der Waals surface area (Å²) in [5.74, 6) is 1.62. The maximum absolute atomic E-state index is 5.64. The molecule has 0 fully saturated rings. The molecule has 108 valence electrons.